The van der Waals surface area contributed by atoms with Crippen molar-refractivity contribution in [1.82, 2.24) is 41.4 Å². The summed E-state index contributed by atoms with van der Waals surface area (Å²) in [5, 5.41) is 27.9. The van der Waals surface area contributed by atoms with E-state index in [0.717, 1.165) is 23.3 Å². The number of anilines is 2. The number of nitrogens with zero attached hydrogens (tertiary/aromatic N) is 4. The van der Waals surface area contributed by atoms with Gasteiger partial charge in [0.15, 0.2) is 0 Å². The number of imide groups is 1. The minimum Gasteiger partial charge on any atom is -0.465 e. The highest BCUT2D eigenvalue weighted by Crippen LogP contribution is 2.29. The molecule has 10 N–H and O–H groups in total. The SMILES string of the molecule is CCCN(CCC)C(=O)C1=Cc2ccc(C(=O)Nc3cncc(CNC(=O)[C@H](Cc4ccccc4)NC(=O)OCc4ccc(NC(=O)[C@H](CCCNC(=O)O)NC(=O)C(NC(=O)CCCCCN5C(=O)C=CC5=O)C(C)C)cc4)c3)cc2N=C(N)C1. The molecule has 24 nitrogen and oxygen atoms in total. The largest absolute Gasteiger partial charge is 0.465 e. The fourth-order valence-electron chi connectivity index (χ4n) is 9.40. The van der Waals surface area contributed by atoms with Gasteiger partial charge in [0.05, 0.1) is 17.6 Å². The van der Waals surface area contributed by atoms with E-state index < -0.39 is 59.8 Å². The normalized spacial score (nSPS) is 13.6. The first kappa shape index (κ1) is 65.4. The highest BCUT2D eigenvalue weighted by atomic mass is 16.5. The summed E-state index contributed by atoms with van der Waals surface area (Å²) in [7, 11) is 0. The van der Waals surface area contributed by atoms with Crippen LogP contribution in [0.3, 0.4) is 0 Å². The number of hydrogen-bond donors (Lipinski definition) is 9. The van der Waals surface area contributed by atoms with Crippen LogP contribution in [0.2, 0.25) is 0 Å². The van der Waals surface area contributed by atoms with Gasteiger partial charge >= 0.3 is 12.2 Å². The minimum atomic E-state index is -1.25. The van der Waals surface area contributed by atoms with Crippen LogP contribution in [-0.2, 0) is 57.9 Å². The molecule has 3 aromatic carbocycles. The molecule has 0 saturated heterocycles. The molecule has 10 amide bonds. The Bertz CT molecular complexity index is 3160. The van der Waals surface area contributed by atoms with Crippen LogP contribution >= 0.6 is 0 Å². The van der Waals surface area contributed by atoms with E-state index in [0.29, 0.717) is 71.7 Å². The standard InChI is InChI=1S/C62H76N12O12/c1-5-27-73(28-6-2)60(82)45-32-43-20-21-44(33-49(43)69-51(63)34-45)56(78)68-47-30-42(35-64-37-47)36-66-57(79)50(31-40-14-9-7-10-15-40)71-62(85)86-38-41-18-22-46(23-19-41)67-58(80)48(16-13-26-65-61(83)84)70-59(81)55(39(3)4)72-52(75)17-11-8-12-29-74-53(76)24-25-54(74)77/h7,9-10,14-15,18-25,30,32-33,35,37,39,48,50,55,65H,5-6,8,11-13,16-17,26-29,31,34,36,38H2,1-4H3,(H2,63,69)(H,66,79)(H,67,80)(H,68,78)(H,70,81)(H,71,85)(H,72,75)(H,83,84)/t48-,50-,55?/m0/s1. The topological polar surface area (TPSA) is 342 Å². The lowest BCUT2D eigenvalue weighted by atomic mass is 10.0. The summed E-state index contributed by atoms with van der Waals surface area (Å²) in [5.41, 5.74) is 10.7. The number of carbonyl (C=O) groups excluding carboxylic acids is 9. The number of aliphatic imine (C=N–C) groups is 1. The van der Waals surface area contributed by atoms with Crippen molar-refractivity contribution in [2.75, 3.05) is 36.8 Å². The number of alkyl carbamates (subject to hydrolysis) is 1. The number of carboxylic acid groups (broad SMARTS) is 1. The predicted molar refractivity (Wildman–Crippen MR) is 322 cm³/mol. The van der Waals surface area contributed by atoms with E-state index in [1.165, 1.54) is 24.5 Å². The molecule has 3 atom stereocenters. The van der Waals surface area contributed by atoms with E-state index in [4.69, 9.17) is 15.6 Å². The van der Waals surface area contributed by atoms with Crippen molar-refractivity contribution in [3.05, 3.63) is 137 Å². The molecular weight excluding hydrogens is 1100 g/mol. The van der Waals surface area contributed by atoms with Gasteiger partial charge in [-0.1, -0.05) is 82.6 Å². The molecule has 0 aliphatic carbocycles. The summed E-state index contributed by atoms with van der Waals surface area (Å²) < 4.78 is 5.53. The van der Waals surface area contributed by atoms with E-state index >= 15 is 0 Å². The third-order valence-corrected chi connectivity index (χ3v) is 13.8. The Balaban J connectivity index is 1.01. The maximum Gasteiger partial charge on any atom is 0.408 e. The van der Waals surface area contributed by atoms with Crippen LogP contribution in [0.15, 0.2) is 114 Å². The zero-order valence-corrected chi connectivity index (χ0v) is 48.8. The Labute approximate surface area is 499 Å². The molecule has 3 heterocycles. The van der Waals surface area contributed by atoms with Gasteiger partial charge < -0.3 is 57.7 Å². The predicted octanol–water partition coefficient (Wildman–Crippen LogP) is 6.01. The van der Waals surface area contributed by atoms with Gasteiger partial charge in [-0.05, 0) is 97.5 Å². The Morgan fingerprint density at radius 1 is 0.733 bits per heavy atom. The van der Waals surface area contributed by atoms with Crippen LogP contribution in [0.25, 0.3) is 6.08 Å². The molecule has 0 spiro atoms. The number of nitrogens with one attached hydrogen (secondary N) is 7. The quantitative estimate of drug-likeness (QED) is 0.0206. The molecule has 0 radical (unpaired) electrons. The molecule has 24 heteroatoms. The number of carbonyl (C=O) groups is 10. The smallest absolute Gasteiger partial charge is 0.408 e. The average molecular weight is 1180 g/mol. The van der Waals surface area contributed by atoms with Crippen LogP contribution in [0, 0.1) is 5.92 Å². The summed E-state index contributed by atoms with van der Waals surface area (Å²) >= 11 is 0. The summed E-state index contributed by atoms with van der Waals surface area (Å²) in [4.78, 5) is 141. The molecule has 2 aliphatic heterocycles. The summed E-state index contributed by atoms with van der Waals surface area (Å²) in [6, 6.07) is 18.8. The van der Waals surface area contributed by atoms with Gasteiger partial charge in [-0.3, -0.25) is 48.2 Å². The number of amidine groups is 1. The van der Waals surface area contributed by atoms with Crippen LogP contribution in [-0.4, -0.2) is 129 Å². The Kier molecular flexibility index (Phi) is 25.0. The van der Waals surface area contributed by atoms with E-state index in [1.54, 1.807) is 80.6 Å². The molecular formula is C62H76N12O12. The van der Waals surface area contributed by atoms with E-state index in [1.807, 2.05) is 36.9 Å². The molecule has 6 rings (SSSR count). The van der Waals surface area contributed by atoms with Crippen LogP contribution < -0.4 is 43.0 Å². The molecule has 2 aliphatic rings. The second kappa shape index (κ2) is 32.9. The van der Waals surface area contributed by atoms with Crippen molar-refractivity contribution in [2.45, 2.75) is 123 Å². The van der Waals surface area contributed by atoms with Gasteiger partial charge in [0.2, 0.25) is 29.5 Å². The lowest BCUT2D eigenvalue weighted by Crippen LogP contribution is -2.54. The van der Waals surface area contributed by atoms with E-state index in [2.05, 4.69) is 47.2 Å². The van der Waals surface area contributed by atoms with Crippen LogP contribution in [0.1, 0.15) is 118 Å². The summed E-state index contributed by atoms with van der Waals surface area (Å²) in [6.07, 6.45) is 8.77. The van der Waals surface area contributed by atoms with E-state index in [9.17, 15) is 47.9 Å². The Morgan fingerprint density at radius 2 is 1.45 bits per heavy atom. The first-order valence-electron chi connectivity index (χ1n) is 28.8. The zero-order chi connectivity index (χ0) is 62.1. The minimum absolute atomic E-state index is 0.00139. The first-order chi connectivity index (χ1) is 41.3. The van der Waals surface area contributed by atoms with Crippen LogP contribution in [0.4, 0.5) is 26.7 Å². The number of amides is 10. The summed E-state index contributed by atoms with van der Waals surface area (Å²) in [6.45, 7) is 8.75. The third kappa shape index (κ3) is 20.6. The number of hydrogen-bond acceptors (Lipinski definition) is 14. The van der Waals surface area contributed by atoms with E-state index in [-0.39, 0.29) is 93.4 Å². The van der Waals surface area contributed by atoms with Gasteiger partial charge in [-0.25, -0.2) is 14.6 Å². The fourth-order valence-corrected chi connectivity index (χ4v) is 9.40. The van der Waals surface area contributed by atoms with Crippen molar-refractivity contribution in [3.63, 3.8) is 0 Å². The van der Waals surface area contributed by atoms with Gasteiger partial charge in [-0.2, -0.15) is 0 Å². The Hall–Kier alpha value is -9.74. The molecule has 86 heavy (non-hydrogen) atoms. The molecule has 1 aromatic heterocycles. The maximum absolute atomic E-state index is 13.8. The lowest BCUT2D eigenvalue weighted by Gasteiger charge is -2.25. The number of pyridine rings is 1. The number of aromatic nitrogens is 1. The highest BCUT2D eigenvalue weighted by Gasteiger charge is 2.30. The van der Waals surface area contributed by atoms with Gasteiger partial charge in [0.1, 0.15) is 30.6 Å². The molecule has 0 fully saturated rings. The molecule has 0 bridgehead atoms. The fraction of sp³-hybridized carbons (Fsp3) is 0.387. The molecule has 456 valence electrons. The lowest BCUT2D eigenvalue weighted by molar-refractivity contribution is -0.137. The molecule has 0 saturated carbocycles. The van der Waals surface area contributed by atoms with Crippen molar-refractivity contribution in [2.24, 2.45) is 16.6 Å². The van der Waals surface area contributed by atoms with Crippen molar-refractivity contribution >= 4 is 88.4 Å². The van der Waals surface area contributed by atoms with Gasteiger partial charge in [0.25, 0.3) is 17.7 Å². The van der Waals surface area contributed by atoms with Gasteiger partial charge in [-0.15, -0.1) is 0 Å². The number of fused-ring (bicyclic) bond motifs is 1. The van der Waals surface area contributed by atoms with Crippen molar-refractivity contribution < 1.29 is 57.8 Å². The number of nitrogens with two attached hydrogens (primary N) is 1. The monoisotopic (exact) mass is 1180 g/mol. The van der Waals surface area contributed by atoms with Crippen molar-refractivity contribution in [1.29, 1.82) is 0 Å². The first-order valence-corrected chi connectivity index (χ1v) is 28.8. The third-order valence-electron chi connectivity index (χ3n) is 13.8. The van der Waals surface area contributed by atoms with Crippen molar-refractivity contribution in [3.8, 4) is 0 Å². The molecule has 4 aromatic rings. The van der Waals surface area contributed by atoms with Gasteiger partial charge in [0, 0.05) is 92.7 Å². The highest BCUT2D eigenvalue weighted by molar-refractivity contribution is 6.13. The number of benzene rings is 3. The molecule has 1 unspecified atom stereocenters. The number of rotatable bonds is 31. The van der Waals surface area contributed by atoms with Crippen LogP contribution in [0.5, 0.6) is 0 Å². The number of ether oxygens (including phenoxy) is 1. The maximum atomic E-state index is 13.8. The summed E-state index contributed by atoms with van der Waals surface area (Å²) in [5.74, 6) is -3.59. The second-order valence-electron chi connectivity index (χ2n) is 21.1. The Morgan fingerprint density at radius 3 is 2.14 bits per heavy atom. The zero-order valence-electron chi connectivity index (χ0n) is 48.8. The average Bonchev–Trinajstić information content (AvgIpc) is 3.16. The number of unbranched alkanes of at least 4 members (excludes halogenated alkanes) is 2. The second-order valence-corrected chi connectivity index (χ2v) is 21.1.